The molecule has 1 heterocycles. The van der Waals surface area contributed by atoms with Crippen molar-refractivity contribution in [3.8, 4) is 0 Å². The van der Waals surface area contributed by atoms with Gasteiger partial charge in [-0.3, -0.25) is 4.90 Å². The first-order valence-electron chi connectivity index (χ1n) is 14.4. The zero-order valence-electron chi connectivity index (χ0n) is 24.9. The van der Waals surface area contributed by atoms with E-state index in [2.05, 4.69) is 10.0 Å². The minimum absolute atomic E-state index is 0.0868. The van der Waals surface area contributed by atoms with Crippen LogP contribution in [-0.2, 0) is 38.8 Å². The number of azide groups is 1. The number of carbonyl (C=O) groups is 1. The average Bonchev–Trinajstić information content (AvgIpc) is 3.31. The van der Waals surface area contributed by atoms with Crippen LogP contribution in [0.25, 0.3) is 10.4 Å². The van der Waals surface area contributed by atoms with Crippen molar-refractivity contribution in [2.45, 2.75) is 76.6 Å². The summed E-state index contributed by atoms with van der Waals surface area (Å²) in [5, 5.41) is 15.0. The van der Waals surface area contributed by atoms with Crippen LogP contribution in [0.1, 0.15) is 37.5 Å². The van der Waals surface area contributed by atoms with Gasteiger partial charge in [0.1, 0.15) is 17.8 Å². The molecule has 1 aliphatic rings. The molecule has 0 radical (unpaired) electrons. The summed E-state index contributed by atoms with van der Waals surface area (Å²) in [4.78, 5) is 18.1. The average molecular weight is 589 g/mol. The van der Waals surface area contributed by atoms with Crippen LogP contribution < -0.4 is 0 Å². The molecule has 1 N–H and O–H groups in total. The molecule has 4 rings (SSSR count). The fourth-order valence-electron chi connectivity index (χ4n) is 5.13. The molecule has 5 atom stereocenters. The van der Waals surface area contributed by atoms with Gasteiger partial charge in [-0.2, -0.15) is 0 Å². The van der Waals surface area contributed by atoms with Crippen LogP contribution in [0.5, 0.6) is 0 Å². The number of amides is 1. The number of aliphatic hydroxyl groups is 1. The molecule has 1 aliphatic heterocycles. The van der Waals surface area contributed by atoms with Gasteiger partial charge in [-0.25, -0.2) is 4.79 Å². The van der Waals surface area contributed by atoms with Crippen LogP contribution in [0.3, 0.4) is 0 Å². The van der Waals surface area contributed by atoms with Crippen molar-refractivity contribution in [2.24, 2.45) is 5.11 Å². The summed E-state index contributed by atoms with van der Waals surface area (Å²) in [5.41, 5.74) is 11.0. The maximum atomic E-state index is 13.9. The Hall–Kier alpha value is -3.92. The smallest absolute Gasteiger partial charge is 0.411 e. The van der Waals surface area contributed by atoms with Crippen LogP contribution in [0, 0.1) is 0 Å². The van der Waals surface area contributed by atoms with Gasteiger partial charge in [-0.15, -0.1) is 0 Å². The van der Waals surface area contributed by atoms with Gasteiger partial charge in [0.15, 0.2) is 0 Å². The molecule has 10 heteroatoms. The SMILES string of the molecule is CC(C)(C)OC(=O)N1[C@H]([C@H](O)CN=[N+]=[N-])[C@@H](OCc2ccccc2)[C@H](OCc2ccccc2)[C@H]1COCc1ccccc1. The van der Waals surface area contributed by atoms with Crippen LogP contribution >= 0.6 is 0 Å². The van der Waals surface area contributed by atoms with Gasteiger partial charge in [-0.05, 0) is 43.0 Å². The van der Waals surface area contributed by atoms with E-state index in [0.29, 0.717) is 6.61 Å². The summed E-state index contributed by atoms with van der Waals surface area (Å²) >= 11 is 0. The van der Waals surface area contributed by atoms with E-state index in [4.69, 9.17) is 24.5 Å². The quantitative estimate of drug-likeness (QED) is 0.148. The van der Waals surface area contributed by atoms with E-state index >= 15 is 0 Å². The fourth-order valence-corrected chi connectivity index (χ4v) is 5.13. The molecular weight excluding hydrogens is 548 g/mol. The summed E-state index contributed by atoms with van der Waals surface area (Å²) in [6, 6.07) is 27.4. The molecule has 10 nitrogen and oxygen atoms in total. The molecule has 0 bridgehead atoms. The van der Waals surface area contributed by atoms with E-state index in [9.17, 15) is 9.90 Å². The van der Waals surface area contributed by atoms with Gasteiger partial charge in [0.25, 0.3) is 0 Å². The van der Waals surface area contributed by atoms with E-state index in [1.165, 1.54) is 4.90 Å². The van der Waals surface area contributed by atoms with Crippen molar-refractivity contribution in [3.63, 3.8) is 0 Å². The third kappa shape index (κ3) is 9.28. The molecule has 43 heavy (non-hydrogen) atoms. The second kappa shape index (κ2) is 15.5. The molecule has 0 saturated carbocycles. The summed E-state index contributed by atoms with van der Waals surface area (Å²) in [6.45, 7) is 5.92. The third-order valence-corrected chi connectivity index (χ3v) is 7.02. The van der Waals surface area contributed by atoms with Gasteiger partial charge in [0.05, 0.1) is 51.2 Å². The van der Waals surface area contributed by atoms with E-state index in [1.54, 1.807) is 20.8 Å². The van der Waals surface area contributed by atoms with Crippen LogP contribution in [-0.4, -0.2) is 65.2 Å². The molecular formula is C33H40N4O6. The highest BCUT2D eigenvalue weighted by molar-refractivity contribution is 5.70. The number of aliphatic hydroxyl groups excluding tert-OH is 1. The largest absolute Gasteiger partial charge is 0.444 e. The predicted octanol–water partition coefficient (Wildman–Crippen LogP) is 6.03. The van der Waals surface area contributed by atoms with Crippen molar-refractivity contribution >= 4 is 6.09 Å². The first kappa shape index (κ1) is 32.0. The first-order valence-corrected chi connectivity index (χ1v) is 14.4. The lowest BCUT2D eigenvalue weighted by Crippen LogP contribution is -2.53. The number of carbonyl (C=O) groups excluding carboxylic acids is 1. The molecule has 0 unspecified atom stereocenters. The van der Waals surface area contributed by atoms with E-state index in [-0.39, 0.29) is 26.4 Å². The summed E-state index contributed by atoms with van der Waals surface area (Å²) in [6.07, 6.45) is -3.42. The highest BCUT2D eigenvalue weighted by atomic mass is 16.6. The number of rotatable bonds is 13. The number of ether oxygens (including phenoxy) is 4. The molecule has 1 amide bonds. The standard InChI is InChI=1S/C33H40N4O6/c1-33(2,3)43-32(39)37-27(23-40-20-24-13-7-4-8-14-24)30(41-21-25-15-9-5-10-16-25)31(29(37)28(38)19-35-36-34)42-22-26-17-11-6-12-18-26/h4-18,27-31,38H,19-23H2,1-3H3/t27-,28-,29-,30-,31-/m1/s1. The van der Waals surface area contributed by atoms with E-state index in [1.807, 2.05) is 91.0 Å². The van der Waals surface area contributed by atoms with Crippen LogP contribution in [0.4, 0.5) is 4.79 Å². The maximum Gasteiger partial charge on any atom is 0.411 e. The van der Waals surface area contributed by atoms with Crippen molar-refractivity contribution in [2.75, 3.05) is 13.2 Å². The van der Waals surface area contributed by atoms with Gasteiger partial charge in [-0.1, -0.05) is 96.1 Å². The lowest BCUT2D eigenvalue weighted by molar-refractivity contribution is -0.0942. The van der Waals surface area contributed by atoms with Gasteiger partial charge in [0, 0.05) is 4.91 Å². The van der Waals surface area contributed by atoms with Crippen molar-refractivity contribution < 1.29 is 28.8 Å². The number of hydrogen-bond donors (Lipinski definition) is 1. The van der Waals surface area contributed by atoms with Gasteiger partial charge >= 0.3 is 6.09 Å². The Morgan fingerprint density at radius 1 is 0.860 bits per heavy atom. The Labute approximate surface area is 252 Å². The number of likely N-dealkylation sites (tertiary alicyclic amines) is 1. The number of benzene rings is 3. The topological polar surface area (TPSA) is 126 Å². The van der Waals surface area contributed by atoms with Gasteiger partial charge in [0.2, 0.25) is 0 Å². The Bertz CT molecular complexity index is 1320. The first-order chi connectivity index (χ1) is 20.8. The Kier molecular flexibility index (Phi) is 11.6. The molecule has 0 aliphatic carbocycles. The highest BCUT2D eigenvalue weighted by Crippen LogP contribution is 2.35. The minimum Gasteiger partial charge on any atom is -0.444 e. The summed E-state index contributed by atoms with van der Waals surface area (Å²) in [7, 11) is 0. The predicted molar refractivity (Wildman–Crippen MR) is 162 cm³/mol. The van der Waals surface area contributed by atoms with E-state index in [0.717, 1.165) is 16.7 Å². The Balaban J connectivity index is 1.71. The summed E-state index contributed by atoms with van der Waals surface area (Å²) in [5.74, 6) is 0. The van der Waals surface area contributed by atoms with Crippen LogP contribution in [0.2, 0.25) is 0 Å². The Morgan fingerprint density at radius 2 is 1.35 bits per heavy atom. The maximum absolute atomic E-state index is 13.9. The minimum atomic E-state index is -1.26. The highest BCUT2D eigenvalue weighted by Gasteiger charge is 2.56. The van der Waals surface area contributed by atoms with Crippen molar-refractivity contribution in [3.05, 3.63) is 118 Å². The zero-order valence-corrected chi connectivity index (χ0v) is 24.9. The Morgan fingerprint density at radius 3 is 1.84 bits per heavy atom. The van der Waals surface area contributed by atoms with Crippen molar-refractivity contribution in [1.82, 2.24) is 4.90 Å². The van der Waals surface area contributed by atoms with Crippen LogP contribution in [0.15, 0.2) is 96.1 Å². The molecule has 228 valence electrons. The molecule has 1 fully saturated rings. The monoisotopic (exact) mass is 588 g/mol. The third-order valence-electron chi connectivity index (χ3n) is 7.02. The molecule has 0 aromatic heterocycles. The molecule has 3 aromatic carbocycles. The fraction of sp³-hybridized carbons (Fsp3) is 0.424. The zero-order chi connectivity index (χ0) is 30.7. The summed E-state index contributed by atoms with van der Waals surface area (Å²) < 4.78 is 25.0. The molecule has 1 saturated heterocycles. The second-order valence-corrected chi connectivity index (χ2v) is 11.4. The lowest BCUT2D eigenvalue weighted by Gasteiger charge is -2.35. The van der Waals surface area contributed by atoms with Gasteiger partial charge < -0.3 is 24.1 Å². The lowest BCUT2D eigenvalue weighted by atomic mass is 10.0. The molecule has 0 spiro atoms. The number of nitrogens with zero attached hydrogens (tertiary/aromatic N) is 4. The van der Waals surface area contributed by atoms with Crippen molar-refractivity contribution in [1.29, 1.82) is 0 Å². The van der Waals surface area contributed by atoms with E-state index < -0.39 is 42.1 Å². The number of hydrogen-bond acceptors (Lipinski definition) is 7. The molecule has 3 aromatic rings. The second-order valence-electron chi connectivity index (χ2n) is 11.4. The normalized spacial score (nSPS) is 20.8.